The number of nitrogens with zero attached hydrogens (tertiary/aromatic N) is 8. The summed E-state index contributed by atoms with van der Waals surface area (Å²) < 4.78 is 8.51. The summed E-state index contributed by atoms with van der Waals surface area (Å²) in [7, 11) is 5.32. The standard InChI is InChI=1S/C32H38BrN10OP/c1-32(2)19-43(13-12-41(32)3)26-15-27(44-5)25(14-21(26)20-16-37-42(4)18-20)39-31-36-17-22(33)30(40-31)38-24-9-8-23-28(29(24)45(6)7)35-11-10-34-23/h8-11,14-18H,12-13,19H2,1-7H3,(H2,36,38,39,40). The van der Waals surface area contributed by atoms with Gasteiger partial charge in [-0.1, -0.05) is 7.92 Å². The van der Waals surface area contributed by atoms with Crippen LogP contribution in [0.4, 0.5) is 28.8 Å². The summed E-state index contributed by atoms with van der Waals surface area (Å²) in [5, 5.41) is 12.6. The predicted molar refractivity (Wildman–Crippen MR) is 188 cm³/mol. The van der Waals surface area contributed by atoms with Crippen molar-refractivity contribution in [3.05, 3.63) is 59.7 Å². The van der Waals surface area contributed by atoms with Crippen molar-refractivity contribution in [2.45, 2.75) is 19.4 Å². The van der Waals surface area contributed by atoms with Crippen LogP contribution in [0.3, 0.4) is 0 Å². The molecule has 2 aromatic carbocycles. The van der Waals surface area contributed by atoms with Crippen LogP contribution >= 0.6 is 23.9 Å². The third-order valence-electron chi connectivity index (χ3n) is 8.30. The minimum Gasteiger partial charge on any atom is -0.494 e. The van der Waals surface area contributed by atoms with Crippen LogP contribution in [-0.2, 0) is 7.05 Å². The van der Waals surface area contributed by atoms with Gasteiger partial charge in [0.1, 0.15) is 11.6 Å². The molecule has 0 atom stereocenters. The van der Waals surface area contributed by atoms with E-state index in [0.717, 1.165) is 68.6 Å². The zero-order valence-corrected chi connectivity index (χ0v) is 29.1. The molecule has 1 aliphatic heterocycles. The van der Waals surface area contributed by atoms with E-state index in [2.05, 4.69) is 103 Å². The number of fused-ring (bicyclic) bond motifs is 1. The third kappa shape index (κ3) is 6.32. The van der Waals surface area contributed by atoms with Crippen LogP contribution in [0.15, 0.2) is 59.7 Å². The van der Waals surface area contributed by atoms with Crippen molar-refractivity contribution in [2.75, 3.05) is 62.7 Å². The lowest BCUT2D eigenvalue weighted by Crippen LogP contribution is -2.57. The fraction of sp³-hybridized carbons (Fsp3) is 0.344. The van der Waals surface area contributed by atoms with E-state index in [1.165, 1.54) is 0 Å². The molecule has 3 aromatic heterocycles. The number of benzene rings is 2. The molecular formula is C32H38BrN10OP. The van der Waals surface area contributed by atoms with E-state index in [4.69, 9.17) is 9.72 Å². The molecule has 0 aliphatic carbocycles. The first-order valence-electron chi connectivity index (χ1n) is 14.7. The molecule has 0 bridgehead atoms. The molecule has 1 fully saturated rings. The van der Waals surface area contributed by atoms with Crippen LogP contribution in [0, 0.1) is 0 Å². The smallest absolute Gasteiger partial charge is 0.229 e. The Balaban J connectivity index is 1.37. The van der Waals surface area contributed by atoms with E-state index in [0.29, 0.717) is 17.5 Å². The fourth-order valence-electron chi connectivity index (χ4n) is 5.67. The van der Waals surface area contributed by atoms with E-state index in [1.807, 2.05) is 36.3 Å². The Labute approximate surface area is 273 Å². The van der Waals surface area contributed by atoms with Gasteiger partial charge in [-0.25, -0.2) is 4.98 Å². The predicted octanol–water partition coefficient (Wildman–Crippen LogP) is 5.98. The monoisotopic (exact) mass is 688 g/mol. The van der Waals surface area contributed by atoms with Crippen molar-refractivity contribution in [2.24, 2.45) is 7.05 Å². The van der Waals surface area contributed by atoms with Crippen LogP contribution in [0.2, 0.25) is 0 Å². The van der Waals surface area contributed by atoms with Crippen molar-refractivity contribution >= 4 is 69.0 Å². The van der Waals surface area contributed by atoms with Crippen molar-refractivity contribution < 1.29 is 4.74 Å². The Kier molecular flexibility index (Phi) is 8.65. The number of nitrogens with one attached hydrogen (secondary N) is 2. The van der Waals surface area contributed by atoms with E-state index in [1.54, 1.807) is 25.7 Å². The van der Waals surface area contributed by atoms with Crippen LogP contribution in [-0.4, -0.2) is 87.3 Å². The molecule has 0 radical (unpaired) electrons. The van der Waals surface area contributed by atoms with Crippen LogP contribution in [0.5, 0.6) is 5.75 Å². The Morgan fingerprint density at radius 1 is 0.978 bits per heavy atom. The molecule has 13 heteroatoms. The summed E-state index contributed by atoms with van der Waals surface area (Å²) in [6, 6.07) is 8.24. The number of hydrogen-bond acceptors (Lipinski definition) is 10. The normalized spacial score (nSPS) is 15.1. The summed E-state index contributed by atoms with van der Waals surface area (Å²) >= 11 is 3.64. The topological polar surface area (TPSA) is 109 Å². The van der Waals surface area contributed by atoms with Gasteiger partial charge < -0.3 is 20.3 Å². The van der Waals surface area contributed by atoms with Crippen LogP contribution < -0.4 is 25.6 Å². The number of ether oxygens (including phenoxy) is 1. The zero-order valence-electron chi connectivity index (χ0n) is 26.6. The molecule has 5 aromatic rings. The lowest BCUT2D eigenvalue weighted by atomic mass is 9.97. The van der Waals surface area contributed by atoms with Gasteiger partial charge in [-0.2, -0.15) is 10.1 Å². The summed E-state index contributed by atoms with van der Waals surface area (Å²) in [5.41, 5.74) is 6.69. The highest BCUT2D eigenvalue weighted by molar-refractivity contribution is 9.10. The Morgan fingerprint density at radius 3 is 2.49 bits per heavy atom. The maximum atomic E-state index is 5.94. The molecule has 11 nitrogen and oxygen atoms in total. The highest BCUT2D eigenvalue weighted by atomic mass is 79.9. The number of piperazine rings is 1. The second kappa shape index (κ2) is 12.5. The lowest BCUT2D eigenvalue weighted by molar-refractivity contribution is 0.139. The molecule has 234 valence electrons. The minimum absolute atomic E-state index is 0.0253. The molecular weight excluding hydrogens is 651 g/mol. The maximum Gasteiger partial charge on any atom is 0.229 e. The lowest BCUT2D eigenvalue weighted by Gasteiger charge is -2.46. The van der Waals surface area contributed by atoms with Gasteiger partial charge in [0.15, 0.2) is 0 Å². The highest BCUT2D eigenvalue weighted by Crippen LogP contribution is 2.42. The first-order chi connectivity index (χ1) is 21.5. The third-order valence-corrected chi connectivity index (χ3v) is 10.2. The minimum atomic E-state index is -0.487. The largest absolute Gasteiger partial charge is 0.494 e. The molecule has 0 spiro atoms. The van der Waals surface area contributed by atoms with Gasteiger partial charge >= 0.3 is 0 Å². The highest BCUT2D eigenvalue weighted by Gasteiger charge is 2.32. The molecule has 1 aliphatic rings. The van der Waals surface area contributed by atoms with Crippen molar-refractivity contribution in [3.8, 4) is 16.9 Å². The average Bonchev–Trinajstić information content (AvgIpc) is 3.45. The van der Waals surface area contributed by atoms with Crippen molar-refractivity contribution in [1.82, 2.24) is 34.6 Å². The molecule has 0 unspecified atom stereocenters. The first-order valence-corrected chi connectivity index (χ1v) is 17.7. The van der Waals surface area contributed by atoms with E-state index in [9.17, 15) is 0 Å². The van der Waals surface area contributed by atoms with Crippen molar-refractivity contribution in [1.29, 1.82) is 0 Å². The molecule has 2 N–H and O–H groups in total. The van der Waals surface area contributed by atoms with Gasteiger partial charge in [0.05, 0.1) is 34.5 Å². The fourth-order valence-corrected chi connectivity index (χ4v) is 7.17. The second-order valence-electron chi connectivity index (χ2n) is 12.0. The molecule has 45 heavy (non-hydrogen) atoms. The van der Waals surface area contributed by atoms with Crippen LogP contribution in [0.25, 0.3) is 22.2 Å². The summed E-state index contributed by atoms with van der Waals surface area (Å²) in [6.45, 7) is 11.8. The number of anilines is 5. The molecule has 6 rings (SSSR count). The van der Waals surface area contributed by atoms with E-state index >= 15 is 0 Å². The zero-order chi connectivity index (χ0) is 31.9. The summed E-state index contributed by atoms with van der Waals surface area (Å²) in [4.78, 5) is 23.4. The number of methoxy groups -OCH3 is 1. The number of hydrogen-bond donors (Lipinski definition) is 2. The summed E-state index contributed by atoms with van der Waals surface area (Å²) in [6.07, 6.45) is 9.14. The van der Waals surface area contributed by atoms with E-state index < -0.39 is 7.92 Å². The Morgan fingerprint density at radius 2 is 1.78 bits per heavy atom. The quantitative estimate of drug-likeness (QED) is 0.189. The number of aryl methyl sites for hydroxylation is 1. The van der Waals surface area contributed by atoms with Crippen LogP contribution in [0.1, 0.15) is 13.8 Å². The van der Waals surface area contributed by atoms with Gasteiger partial charge in [-0.05, 0) is 68.4 Å². The van der Waals surface area contributed by atoms with Gasteiger partial charge in [-0.15, -0.1) is 0 Å². The maximum absolute atomic E-state index is 5.94. The molecule has 0 amide bonds. The first kappa shape index (κ1) is 31.1. The number of halogens is 1. The van der Waals surface area contributed by atoms with Gasteiger partial charge in [-0.3, -0.25) is 19.5 Å². The second-order valence-corrected chi connectivity index (χ2v) is 15.1. The van der Waals surface area contributed by atoms with Crippen molar-refractivity contribution in [3.63, 3.8) is 0 Å². The average molecular weight is 690 g/mol. The SMILES string of the molecule is COc1cc(N2CCN(C)C(C)(C)C2)c(-c2cnn(C)c2)cc1Nc1ncc(Br)c(Nc2ccc3nccnc3c2P(C)C)n1. The number of likely N-dealkylation sites (N-methyl/N-ethyl adjacent to an activating group) is 1. The number of aromatic nitrogens is 6. The Hall–Kier alpha value is -3.86. The molecule has 1 saturated heterocycles. The summed E-state index contributed by atoms with van der Waals surface area (Å²) in [5.74, 6) is 1.77. The molecule has 4 heterocycles. The van der Waals surface area contributed by atoms with E-state index in [-0.39, 0.29) is 5.54 Å². The molecule has 0 saturated carbocycles. The van der Waals surface area contributed by atoms with Gasteiger partial charge in [0.25, 0.3) is 0 Å². The van der Waals surface area contributed by atoms with Gasteiger partial charge in [0.2, 0.25) is 5.95 Å². The number of rotatable bonds is 8. The van der Waals surface area contributed by atoms with Gasteiger partial charge in [0, 0.05) is 90.9 Å². The Bertz CT molecular complexity index is 1860.